The number of nitrogens with zero attached hydrogens (tertiary/aromatic N) is 2. The normalized spacial score (nSPS) is 11.3. The van der Waals surface area contributed by atoms with Gasteiger partial charge in [0, 0.05) is 6.20 Å². The van der Waals surface area contributed by atoms with E-state index in [1.165, 1.54) is 0 Å². The second-order valence-electron chi connectivity index (χ2n) is 4.05. The first kappa shape index (κ1) is 16.0. The number of alkyl halides is 3. The first-order valence-corrected chi connectivity index (χ1v) is 6.03. The molecule has 10 heteroatoms. The highest BCUT2D eigenvalue weighted by atomic mass is 35.5. The lowest BCUT2D eigenvalue weighted by atomic mass is 10.1. The molecular weight excluding hydrogens is 328 g/mol. The molecule has 0 fully saturated rings. The molecule has 0 spiro atoms. The second-order valence-corrected chi connectivity index (χ2v) is 4.39. The minimum absolute atomic E-state index is 0.333. The van der Waals surface area contributed by atoms with Crippen molar-refractivity contribution in [3.63, 3.8) is 0 Å². The molecule has 0 saturated heterocycles. The fourth-order valence-electron chi connectivity index (χ4n) is 1.64. The summed E-state index contributed by atoms with van der Waals surface area (Å²) >= 11 is 5.53. The Labute approximate surface area is 126 Å². The quantitative estimate of drug-likeness (QED) is 0.667. The van der Waals surface area contributed by atoms with Gasteiger partial charge in [0.2, 0.25) is 5.28 Å². The summed E-state index contributed by atoms with van der Waals surface area (Å²) in [5, 5.41) is 1.76. The molecule has 0 bridgehead atoms. The van der Waals surface area contributed by atoms with E-state index >= 15 is 0 Å². The average molecular weight is 335 g/mol. The zero-order chi connectivity index (χ0) is 16.5. The fourth-order valence-corrected chi connectivity index (χ4v) is 1.78. The summed E-state index contributed by atoms with van der Waals surface area (Å²) < 4.78 is 52.5. The predicted octanol–water partition coefficient (Wildman–Crippen LogP) is 3.13. The molecule has 1 amide bonds. The van der Waals surface area contributed by atoms with Crippen LogP contribution in [0.3, 0.4) is 0 Å². The van der Waals surface area contributed by atoms with Crippen LogP contribution in [-0.4, -0.2) is 15.9 Å². The van der Waals surface area contributed by atoms with E-state index in [0.717, 1.165) is 18.3 Å². The van der Waals surface area contributed by atoms with E-state index in [4.69, 9.17) is 17.3 Å². The maximum Gasteiger partial charge on any atom is 0.418 e. The summed E-state index contributed by atoms with van der Waals surface area (Å²) in [5.41, 5.74) is 2.57. The number of amides is 1. The number of rotatable bonds is 3. The largest absolute Gasteiger partial charge is 0.418 e. The van der Waals surface area contributed by atoms with E-state index in [0.29, 0.717) is 6.07 Å². The van der Waals surface area contributed by atoms with Crippen LogP contribution < -0.4 is 11.1 Å². The van der Waals surface area contributed by atoms with Crippen LogP contribution in [0.5, 0.6) is 0 Å². The first-order valence-electron chi connectivity index (χ1n) is 5.65. The standard InChI is InChI=1S/C12H7ClF4N4O/c13-11-19-4-5(9(18)22)10(21-11)20-8-6(12(15,16)17)2-1-3-7(8)14/h1-4H,(H2,18,22)(H,19,20,21). The molecule has 0 aliphatic carbocycles. The number of anilines is 2. The Kier molecular flexibility index (Phi) is 4.18. The van der Waals surface area contributed by atoms with Crippen molar-refractivity contribution in [3.05, 3.63) is 46.6 Å². The van der Waals surface area contributed by atoms with Crippen LogP contribution in [0.2, 0.25) is 5.28 Å². The number of para-hydroxylation sites is 1. The monoisotopic (exact) mass is 334 g/mol. The molecule has 22 heavy (non-hydrogen) atoms. The smallest absolute Gasteiger partial charge is 0.365 e. The van der Waals surface area contributed by atoms with Crippen molar-refractivity contribution < 1.29 is 22.4 Å². The Hall–Kier alpha value is -2.42. The van der Waals surface area contributed by atoms with Crippen molar-refractivity contribution in [2.45, 2.75) is 6.18 Å². The number of hydrogen-bond acceptors (Lipinski definition) is 4. The number of carbonyl (C=O) groups is 1. The van der Waals surface area contributed by atoms with Gasteiger partial charge in [0.1, 0.15) is 17.2 Å². The Morgan fingerprint density at radius 2 is 2.00 bits per heavy atom. The van der Waals surface area contributed by atoms with Gasteiger partial charge in [0.25, 0.3) is 5.91 Å². The van der Waals surface area contributed by atoms with Gasteiger partial charge in [0.05, 0.1) is 11.3 Å². The molecule has 116 valence electrons. The number of nitrogens with two attached hydrogens (primary N) is 1. The Morgan fingerprint density at radius 3 is 2.59 bits per heavy atom. The Morgan fingerprint density at radius 1 is 1.32 bits per heavy atom. The topological polar surface area (TPSA) is 80.9 Å². The third-order valence-electron chi connectivity index (χ3n) is 2.59. The van der Waals surface area contributed by atoms with Crippen LogP contribution in [0.25, 0.3) is 0 Å². The molecular formula is C12H7ClF4N4O. The summed E-state index contributed by atoms with van der Waals surface area (Å²) in [6.45, 7) is 0. The molecule has 5 nitrogen and oxygen atoms in total. The maximum absolute atomic E-state index is 13.7. The molecule has 2 rings (SSSR count). The van der Waals surface area contributed by atoms with Crippen molar-refractivity contribution in [1.29, 1.82) is 0 Å². The van der Waals surface area contributed by atoms with Gasteiger partial charge in [0.15, 0.2) is 0 Å². The molecule has 3 N–H and O–H groups in total. The van der Waals surface area contributed by atoms with Gasteiger partial charge in [-0.15, -0.1) is 0 Å². The van der Waals surface area contributed by atoms with Crippen LogP contribution >= 0.6 is 11.6 Å². The lowest BCUT2D eigenvalue weighted by Gasteiger charge is -2.15. The summed E-state index contributed by atoms with van der Waals surface area (Å²) in [6, 6.07) is 2.41. The third-order valence-corrected chi connectivity index (χ3v) is 2.77. The molecule has 0 aliphatic heterocycles. The minimum atomic E-state index is -4.81. The lowest BCUT2D eigenvalue weighted by molar-refractivity contribution is -0.137. The van der Waals surface area contributed by atoms with Crippen LogP contribution in [0.1, 0.15) is 15.9 Å². The molecule has 0 atom stereocenters. The van der Waals surface area contributed by atoms with Gasteiger partial charge < -0.3 is 11.1 Å². The molecule has 1 aromatic carbocycles. The van der Waals surface area contributed by atoms with E-state index < -0.39 is 35.0 Å². The summed E-state index contributed by atoms with van der Waals surface area (Å²) in [6.07, 6.45) is -3.89. The number of carbonyl (C=O) groups excluding carboxylic acids is 1. The maximum atomic E-state index is 13.7. The molecule has 0 aliphatic rings. The van der Waals surface area contributed by atoms with Gasteiger partial charge in [-0.05, 0) is 23.7 Å². The molecule has 2 aromatic rings. The highest BCUT2D eigenvalue weighted by molar-refractivity contribution is 6.28. The SMILES string of the molecule is NC(=O)c1cnc(Cl)nc1Nc1c(F)cccc1C(F)(F)F. The van der Waals surface area contributed by atoms with E-state index in [-0.39, 0.29) is 10.8 Å². The van der Waals surface area contributed by atoms with E-state index in [1.54, 1.807) is 0 Å². The van der Waals surface area contributed by atoms with Crippen molar-refractivity contribution in [2.24, 2.45) is 5.73 Å². The predicted molar refractivity (Wildman–Crippen MR) is 70.2 cm³/mol. The molecule has 0 saturated carbocycles. The van der Waals surface area contributed by atoms with Crippen molar-refractivity contribution in [2.75, 3.05) is 5.32 Å². The highest BCUT2D eigenvalue weighted by Gasteiger charge is 2.35. The molecule has 0 unspecified atom stereocenters. The van der Waals surface area contributed by atoms with Gasteiger partial charge >= 0.3 is 6.18 Å². The van der Waals surface area contributed by atoms with E-state index in [9.17, 15) is 22.4 Å². The first-order chi connectivity index (χ1) is 10.2. The van der Waals surface area contributed by atoms with Crippen molar-refractivity contribution >= 4 is 29.0 Å². The van der Waals surface area contributed by atoms with Gasteiger partial charge in [-0.25, -0.2) is 9.37 Å². The fraction of sp³-hybridized carbons (Fsp3) is 0.0833. The van der Waals surface area contributed by atoms with Crippen molar-refractivity contribution in [1.82, 2.24) is 9.97 Å². The molecule has 1 heterocycles. The van der Waals surface area contributed by atoms with Crippen molar-refractivity contribution in [3.8, 4) is 0 Å². The number of nitrogens with one attached hydrogen (secondary N) is 1. The Balaban J connectivity index is 2.57. The number of halogens is 5. The number of primary amides is 1. The molecule has 1 aromatic heterocycles. The number of hydrogen-bond donors (Lipinski definition) is 2. The van der Waals surface area contributed by atoms with Crippen LogP contribution in [0.4, 0.5) is 29.1 Å². The third kappa shape index (κ3) is 3.25. The highest BCUT2D eigenvalue weighted by Crippen LogP contribution is 2.37. The van der Waals surface area contributed by atoms with Crippen LogP contribution in [0.15, 0.2) is 24.4 Å². The Bertz CT molecular complexity index is 736. The lowest BCUT2D eigenvalue weighted by Crippen LogP contribution is -2.17. The zero-order valence-corrected chi connectivity index (χ0v) is 11.3. The summed E-state index contributed by atoms with van der Waals surface area (Å²) in [4.78, 5) is 18.3. The average Bonchev–Trinajstić information content (AvgIpc) is 2.39. The minimum Gasteiger partial charge on any atom is -0.365 e. The van der Waals surface area contributed by atoms with E-state index in [2.05, 4.69) is 15.3 Å². The molecule has 0 radical (unpaired) electrons. The van der Waals surface area contributed by atoms with Gasteiger partial charge in [-0.2, -0.15) is 18.2 Å². The van der Waals surface area contributed by atoms with Crippen LogP contribution in [-0.2, 0) is 6.18 Å². The van der Waals surface area contributed by atoms with Crippen LogP contribution in [0, 0.1) is 5.82 Å². The number of benzene rings is 1. The number of aromatic nitrogens is 2. The van der Waals surface area contributed by atoms with Gasteiger partial charge in [-0.3, -0.25) is 4.79 Å². The van der Waals surface area contributed by atoms with E-state index in [1.807, 2.05) is 0 Å². The summed E-state index contributed by atoms with van der Waals surface area (Å²) in [5.74, 6) is -2.62. The second kappa shape index (κ2) is 5.76. The summed E-state index contributed by atoms with van der Waals surface area (Å²) in [7, 11) is 0. The van der Waals surface area contributed by atoms with Gasteiger partial charge in [-0.1, -0.05) is 6.07 Å². The zero-order valence-electron chi connectivity index (χ0n) is 10.6.